The van der Waals surface area contributed by atoms with Crippen molar-refractivity contribution >= 4 is 48.0 Å². The normalized spacial score (nSPS) is 11.3. The summed E-state index contributed by atoms with van der Waals surface area (Å²) >= 11 is 6.57. The molecule has 0 heterocycles. The molecule has 0 spiro atoms. The van der Waals surface area contributed by atoms with E-state index in [-0.39, 0.29) is 18.1 Å². The van der Waals surface area contributed by atoms with Crippen LogP contribution in [0.5, 0.6) is 5.75 Å². The Labute approximate surface area is 129 Å². The summed E-state index contributed by atoms with van der Waals surface area (Å²) < 4.78 is 29.8. The van der Waals surface area contributed by atoms with Crippen LogP contribution in [0.25, 0.3) is 0 Å². The highest BCUT2D eigenvalue weighted by molar-refractivity contribution is 9.11. The van der Waals surface area contributed by atoms with Gasteiger partial charge in [0.25, 0.3) is 0 Å². The number of hydrogen-bond acceptors (Lipinski definition) is 4. The van der Waals surface area contributed by atoms with E-state index < -0.39 is 9.84 Å². The molecule has 1 aromatic carbocycles. The van der Waals surface area contributed by atoms with Crippen LogP contribution in [0, 0.1) is 0 Å². The molecule has 0 unspecified atom stereocenters. The lowest BCUT2D eigenvalue weighted by molar-refractivity contribution is 0.112. The first kappa shape index (κ1) is 16.7. The van der Waals surface area contributed by atoms with Crippen LogP contribution in [-0.4, -0.2) is 32.8 Å². The maximum atomic E-state index is 11.5. The smallest absolute Gasteiger partial charge is 0.153 e. The van der Waals surface area contributed by atoms with Gasteiger partial charge in [0, 0.05) is 5.56 Å². The Morgan fingerprint density at radius 3 is 2.26 bits per heavy atom. The number of benzene rings is 1. The Morgan fingerprint density at radius 1 is 1.21 bits per heavy atom. The molecule has 0 amide bonds. The summed E-state index contributed by atoms with van der Waals surface area (Å²) in [5, 5.41) is 0. The average molecular weight is 414 g/mol. The van der Waals surface area contributed by atoms with E-state index in [4.69, 9.17) is 4.74 Å². The lowest BCUT2D eigenvalue weighted by atomic mass is 10.2. The highest BCUT2D eigenvalue weighted by atomic mass is 79.9. The van der Waals surface area contributed by atoms with Crippen molar-refractivity contribution in [3.05, 3.63) is 26.6 Å². The van der Waals surface area contributed by atoms with Crippen molar-refractivity contribution in [3.63, 3.8) is 0 Å². The van der Waals surface area contributed by atoms with Crippen LogP contribution >= 0.6 is 31.9 Å². The fourth-order valence-corrected chi connectivity index (χ4v) is 4.08. The van der Waals surface area contributed by atoms with E-state index in [2.05, 4.69) is 31.9 Å². The Kier molecular flexibility index (Phi) is 6.49. The average Bonchev–Trinajstić information content (AvgIpc) is 2.32. The minimum Gasteiger partial charge on any atom is -0.490 e. The molecule has 7 heteroatoms. The third-order valence-electron chi connectivity index (χ3n) is 2.31. The molecule has 1 rings (SSSR count). The van der Waals surface area contributed by atoms with E-state index in [0.717, 1.165) is 6.29 Å². The third-order valence-corrected chi connectivity index (χ3v) is 5.31. The molecule has 0 saturated heterocycles. The van der Waals surface area contributed by atoms with Gasteiger partial charge < -0.3 is 4.74 Å². The molecule has 4 nitrogen and oxygen atoms in total. The second-order valence-corrected chi connectivity index (χ2v) is 7.94. The van der Waals surface area contributed by atoms with Gasteiger partial charge in [0.15, 0.2) is 9.84 Å². The van der Waals surface area contributed by atoms with Gasteiger partial charge in [-0.2, -0.15) is 0 Å². The number of ether oxygens (including phenoxy) is 1. The molecule has 0 fully saturated rings. The Hall–Kier alpha value is -0.400. The van der Waals surface area contributed by atoms with Gasteiger partial charge in [-0.25, -0.2) is 8.42 Å². The maximum Gasteiger partial charge on any atom is 0.153 e. The molecule has 106 valence electrons. The fourth-order valence-electron chi connectivity index (χ4n) is 1.47. The highest BCUT2D eigenvalue weighted by Crippen LogP contribution is 2.34. The standard InChI is InChI=1S/C12H14Br2O4S/c1-2-4-19(16,17)5-3-18-12-10(13)6-9(8-15)7-11(12)14/h6-8H,2-5H2,1H3. The van der Waals surface area contributed by atoms with Crippen molar-refractivity contribution < 1.29 is 17.9 Å². The van der Waals surface area contributed by atoms with Gasteiger partial charge >= 0.3 is 0 Å². The monoisotopic (exact) mass is 412 g/mol. The van der Waals surface area contributed by atoms with Crippen molar-refractivity contribution in [2.24, 2.45) is 0 Å². The van der Waals surface area contributed by atoms with Gasteiger partial charge in [-0.05, 0) is 50.4 Å². The molecule has 1 aromatic rings. The largest absolute Gasteiger partial charge is 0.490 e. The van der Waals surface area contributed by atoms with E-state index in [1.165, 1.54) is 0 Å². The summed E-state index contributed by atoms with van der Waals surface area (Å²) in [5.74, 6) is 0.648. The number of halogens is 2. The molecule has 0 aromatic heterocycles. The SMILES string of the molecule is CCCS(=O)(=O)CCOc1c(Br)cc(C=O)cc1Br. The summed E-state index contributed by atoms with van der Waals surface area (Å²) in [4.78, 5) is 10.7. The molecule has 0 atom stereocenters. The number of carbonyl (C=O) groups is 1. The highest BCUT2D eigenvalue weighted by Gasteiger charge is 2.12. The molecule has 0 bridgehead atoms. The quantitative estimate of drug-likeness (QED) is 0.644. The van der Waals surface area contributed by atoms with Crippen LogP contribution in [0.1, 0.15) is 23.7 Å². The molecule has 0 aliphatic carbocycles. The number of rotatable bonds is 7. The second kappa shape index (κ2) is 7.40. The van der Waals surface area contributed by atoms with E-state index in [1.807, 2.05) is 6.92 Å². The molecule has 0 N–H and O–H groups in total. The Morgan fingerprint density at radius 2 is 1.79 bits per heavy atom. The van der Waals surface area contributed by atoms with Gasteiger partial charge in [0.2, 0.25) is 0 Å². The van der Waals surface area contributed by atoms with Crippen molar-refractivity contribution in [1.82, 2.24) is 0 Å². The van der Waals surface area contributed by atoms with Gasteiger partial charge in [0.05, 0.1) is 20.5 Å². The summed E-state index contributed by atoms with van der Waals surface area (Å²) in [7, 11) is -3.05. The number of sulfone groups is 1. The first-order valence-electron chi connectivity index (χ1n) is 5.67. The maximum absolute atomic E-state index is 11.5. The van der Waals surface area contributed by atoms with Gasteiger partial charge in [-0.15, -0.1) is 0 Å². The fraction of sp³-hybridized carbons (Fsp3) is 0.417. The molecular weight excluding hydrogens is 400 g/mol. The Balaban J connectivity index is 2.71. The van der Waals surface area contributed by atoms with E-state index in [0.29, 0.717) is 26.7 Å². The summed E-state index contributed by atoms with van der Waals surface area (Å²) in [5.41, 5.74) is 0.504. The van der Waals surface area contributed by atoms with E-state index in [9.17, 15) is 13.2 Å². The lowest BCUT2D eigenvalue weighted by Crippen LogP contribution is -2.17. The summed E-state index contributed by atoms with van der Waals surface area (Å²) in [6, 6.07) is 3.24. The van der Waals surface area contributed by atoms with Crippen LogP contribution in [0.15, 0.2) is 21.1 Å². The first-order chi connectivity index (χ1) is 8.89. The summed E-state index contributed by atoms with van der Waals surface area (Å²) in [6.07, 6.45) is 1.33. The molecule has 0 aliphatic rings. The van der Waals surface area contributed by atoms with Crippen molar-refractivity contribution in [2.45, 2.75) is 13.3 Å². The summed E-state index contributed by atoms with van der Waals surface area (Å²) in [6.45, 7) is 1.91. The minimum absolute atomic E-state index is 0.0187. The topological polar surface area (TPSA) is 60.4 Å². The van der Waals surface area contributed by atoms with Gasteiger partial charge in [-0.3, -0.25) is 4.79 Å². The van der Waals surface area contributed by atoms with Gasteiger partial charge in [0.1, 0.15) is 18.6 Å². The Bertz CT molecular complexity index is 532. The lowest BCUT2D eigenvalue weighted by Gasteiger charge is -2.11. The van der Waals surface area contributed by atoms with E-state index in [1.54, 1.807) is 12.1 Å². The van der Waals surface area contributed by atoms with Crippen molar-refractivity contribution in [1.29, 1.82) is 0 Å². The van der Waals surface area contributed by atoms with Crippen LogP contribution in [-0.2, 0) is 9.84 Å². The van der Waals surface area contributed by atoms with Crippen LogP contribution < -0.4 is 4.74 Å². The second-order valence-electron chi connectivity index (χ2n) is 3.93. The van der Waals surface area contributed by atoms with Crippen LogP contribution in [0.2, 0.25) is 0 Å². The molecular formula is C12H14Br2O4S. The van der Waals surface area contributed by atoms with E-state index >= 15 is 0 Å². The number of aldehydes is 1. The predicted molar refractivity (Wildman–Crippen MR) is 81.7 cm³/mol. The molecule has 0 radical (unpaired) electrons. The zero-order chi connectivity index (χ0) is 14.5. The molecule has 0 saturated carbocycles. The molecule has 19 heavy (non-hydrogen) atoms. The predicted octanol–water partition coefficient (Wildman–Crippen LogP) is 3.23. The number of hydrogen-bond donors (Lipinski definition) is 0. The first-order valence-corrected chi connectivity index (χ1v) is 9.07. The zero-order valence-corrected chi connectivity index (χ0v) is 14.3. The van der Waals surface area contributed by atoms with Crippen LogP contribution in [0.4, 0.5) is 0 Å². The van der Waals surface area contributed by atoms with Crippen molar-refractivity contribution in [3.8, 4) is 5.75 Å². The number of carbonyl (C=O) groups excluding carboxylic acids is 1. The third kappa shape index (κ3) is 5.24. The van der Waals surface area contributed by atoms with Gasteiger partial charge in [-0.1, -0.05) is 6.92 Å². The molecule has 0 aliphatic heterocycles. The van der Waals surface area contributed by atoms with Crippen LogP contribution in [0.3, 0.4) is 0 Å². The van der Waals surface area contributed by atoms with Crippen molar-refractivity contribution in [2.75, 3.05) is 18.1 Å². The zero-order valence-electron chi connectivity index (χ0n) is 10.4. The minimum atomic E-state index is -3.05.